The number of esters is 1. The van der Waals surface area contributed by atoms with Crippen LogP contribution in [0.4, 0.5) is 11.5 Å². The van der Waals surface area contributed by atoms with Crippen molar-refractivity contribution in [3.63, 3.8) is 0 Å². The van der Waals surface area contributed by atoms with Crippen molar-refractivity contribution in [3.8, 4) is 0 Å². The van der Waals surface area contributed by atoms with Gasteiger partial charge in [-0.3, -0.25) is 0 Å². The maximum absolute atomic E-state index is 11.8. The first-order valence-electron chi connectivity index (χ1n) is 7.17. The summed E-state index contributed by atoms with van der Waals surface area (Å²) in [5, 5.41) is 3.30. The van der Waals surface area contributed by atoms with Crippen LogP contribution in [0, 0.1) is 5.92 Å². The summed E-state index contributed by atoms with van der Waals surface area (Å²) in [6, 6.07) is 1.94. The Morgan fingerprint density at radius 3 is 2.75 bits per heavy atom. The molecule has 5 nitrogen and oxygen atoms in total. The van der Waals surface area contributed by atoms with Crippen LogP contribution in [0.25, 0.3) is 0 Å². The summed E-state index contributed by atoms with van der Waals surface area (Å²) in [6.45, 7) is 8.60. The SMILES string of the molecule is CCOC(=O)c1cc(NC(C)CC(C)CC)ncc1N. The van der Waals surface area contributed by atoms with Crippen LogP contribution in [0.1, 0.15) is 50.9 Å². The number of carbonyl (C=O) groups is 1. The summed E-state index contributed by atoms with van der Waals surface area (Å²) in [4.78, 5) is 16.0. The average molecular weight is 279 g/mol. The van der Waals surface area contributed by atoms with Crippen LogP contribution in [-0.2, 0) is 4.74 Å². The normalized spacial score (nSPS) is 13.6. The highest BCUT2D eigenvalue weighted by Gasteiger charge is 2.14. The van der Waals surface area contributed by atoms with Gasteiger partial charge in [0.25, 0.3) is 0 Å². The molecule has 0 aromatic carbocycles. The number of ether oxygens (including phenoxy) is 1. The first-order chi connectivity index (χ1) is 9.47. The van der Waals surface area contributed by atoms with E-state index in [0.29, 0.717) is 29.6 Å². The second-order valence-electron chi connectivity index (χ2n) is 5.17. The number of carbonyl (C=O) groups excluding carboxylic acids is 1. The predicted molar refractivity (Wildman–Crippen MR) is 81.8 cm³/mol. The van der Waals surface area contributed by atoms with Gasteiger partial charge in [0.05, 0.1) is 24.1 Å². The van der Waals surface area contributed by atoms with Gasteiger partial charge in [0, 0.05) is 6.04 Å². The van der Waals surface area contributed by atoms with E-state index in [9.17, 15) is 4.79 Å². The summed E-state index contributed by atoms with van der Waals surface area (Å²) < 4.78 is 4.98. The maximum Gasteiger partial charge on any atom is 0.340 e. The topological polar surface area (TPSA) is 77.2 Å². The smallest absolute Gasteiger partial charge is 0.340 e. The minimum atomic E-state index is -0.412. The number of hydrogen-bond acceptors (Lipinski definition) is 5. The molecule has 1 rings (SSSR count). The van der Waals surface area contributed by atoms with Crippen LogP contribution in [0.3, 0.4) is 0 Å². The molecule has 0 spiro atoms. The van der Waals surface area contributed by atoms with E-state index in [2.05, 4.69) is 31.1 Å². The fraction of sp³-hybridized carbons (Fsp3) is 0.600. The highest BCUT2D eigenvalue weighted by Crippen LogP contribution is 2.18. The predicted octanol–water partition coefficient (Wildman–Crippen LogP) is 3.08. The van der Waals surface area contributed by atoms with E-state index in [1.54, 1.807) is 13.0 Å². The number of rotatable bonds is 7. The molecule has 0 bridgehead atoms. The van der Waals surface area contributed by atoms with Gasteiger partial charge in [0.15, 0.2) is 0 Å². The van der Waals surface area contributed by atoms with E-state index in [0.717, 1.165) is 12.8 Å². The van der Waals surface area contributed by atoms with Crippen LogP contribution in [0.15, 0.2) is 12.3 Å². The zero-order valence-electron chi connectivity index (χ0n) is 12.8. The lowest BCUT2D eigenvalue weighted by molar-refractivity contribution is 0.0527. The molecule has 0 aliphatic rings. The first-order valence-corrected chi connectivity index (χ1v) is 7.17. The van der Waals surface area contributed by atoms with Crippen molar-refractivity contribution >= 4 is 17.5 Å². The van der Waals surface area contributed by atoms with Gasteiger partial charge in [-0.2, -0.15) is 0 Å². The Hall–Kier alpha value is -1.78. The van der Waals surface area contributed by atoms with Crippen LogP contribution >= 0.6 is 0 Å². The molecule has 5 heteroatoms. The number of nitrogens with zero attached hydrogens (tertiary/aromatic N) is 1. The first kappa shape index (κ1) is 16.3. The van der Waals surface area contributed by atoms with Crippen molar-refractivity contribution in [1.82, 2.24) is 4.98 Å². The molecule has 0 radical (unpaired) electrons. The Bertz CT molecular complexity index is 449. The third-order valence-corrected chi connectivity index (χ3v) is 3.28. The molecule has 0 saturated heterocycles. The van der Waals surface area contributed by atoms with E-state index in [4.69, 9.17) is 10.5 Å². The standard InChI is InChI=1S/C15H25N3O2/c1-5-10(3)7-11(4)18-14-8-12(13(16)9-17-14)15(19)20-6-2/h8-11H,5-7,16H2,1-4H3,(H,17,18). The molecule has 1 aromatic rings. The number of nitrogens with one attached hydrogen (secondary N) is 1. The third kappa shape index (κ3) is 4.72. The zero-order chi connectivity index (χ0) is 15.1. The lowest BCUT2D eigenvalue weighted by atomic mass is 10.0. The van der Waals surface area contributed by atoms with Crippen molar-refractivity contribution < 1.29 is 9.53 Å². The number of anilines is 2. The van der Waals surface area contributed by atoms with Gasteiger partial charge >= 0.3 is 5.97 Å². The zero-order valence-corrected chi connectivity index (χ0v) is 12.8. The molecular formula is C15H25N3O2. The van der Waals surface area contributed by atoms with E-state index in [-0.39, 0.29) is 6.04 Å². The van der Waals surface area contributed by atoms with Gasteiger partial charge < -0.3 is 15.8 Å². The minimum Gasteiger partial charge on any atom is -0.462 e. The Morgan fingerprint density at radius 2 is 2.15 bits per heavy atom. The Labute approximate surface area is 120 Å². The van der Waals surface area contributed by atoms with Crippen LogP contribution in [-0.4, -0.2) is 23.6 Å². The Balaban J connectivity index is 2.77. The monoisotopic (exact) mass is 279 g/mol. The maximum atomic E-state index is 11.8. The summed E-state index contributed by atoms with van der Waals surface area (Å²) >= 11 is 0. The Kier molecular flexibility index (Phi) is 6.28. The molecule has 1 aromatic heterocycles. The summed E-state index contributed by atoms with van der Waals surface area (Å²) in [6.07, 6.45) is 3.69. The van der Waals surface area contributed by atoms with Crippen molar-refractivity contribution in [1.29, 1.82) is 0 Å². The molecule has 0 saturated carbocycles. The fourth-order valence-electron chi connectivity index (χ4n) is 2.01. The summed E-state index contributed by atoms with van der Waals surface area (Å²) in [5.41, 5.74) is 6.46. The van der Waals surface area contributed by atoms with Gasteiger partial charge in [0.1, 0.15) is 5.82 Å². The van der Waals surface area contributed by atoms with Gasteiger partial charge in [0.2, 0.25) is 0 Å². The fourth-order valence-corrected chi connectivity index (χ4v) is 2.01. The molecule has 2 unspecified atom stereocenters. The average Bonchev–Trinajstić information content (AvgIpc) is 2.40. The number of nitrogens with two attached hydrogens (primary N) is 1. The highest BCUT2D eigenvalue weighted by molar-refractivity contribution is 5.95. The van der Waals surface area contributed by atoms with Crippen molar-refractivity contribution in [2.45, 2.75) is 46.6 Å². The number of aromatic nitrogens is 1. The lowest BCUT2D eigenvalue weighted by Gasteiger charge is -2.18. The minimum absolute atomic E-state index is 0.288. The summed E-state index contributed by atoms with van der Waals surface area (Å²) in [7, 11) is 0. The van der Waals surface area contributed by atoms with Crippen molar-refractivity contribution in [2.24, 2.45) is 5.92 Å². The molecule has 0 fully saturated rings. The van der Waals surface area contributed by atoms with Crippen LogP contribution in [0.5, 0.6) is 0 Å². The second kappa shape index (κ2) is 7.72. The molecule has 0 aliphatic heterocycles. The highest BCUT2D eigenvalue weighted by atomic mass is 16.5. The number of pyridine rings is 1. The number of nitrogen functional groups attached to an aromatic ring is 1. The molecule has 1 heterocycles. The van der Waals surface area contributed by atoms with Gasteiger partial charge in [-0.25, -0.2) is 9.78 Å². The molecule has 3 N–H and O–H groups in total. The van der Waals surface area contributed by atoms with Crippen LogP contribution < -0.4 is 11.1 Å². The van der Waals surface area contributed by atoms with Gasteiger partial charge in [-0.1, -0.05) is 20.3 Å². The van der Waals surface area contributed by atoms with Crippen molar-refractivity contribution in [3.05, 3.63) is 17.8 Å². The molecule has 0 amide bonds. The van der Waals surface area contributed by atoms with E-state index < -0.39 is 5.97 Å². The molecule has 2 atom stereocenters. The largest absolute Gasteiger partial charge is 0.462 e. The molecule has 112 valence electrons. The molecular weight excluding hydrogens is 254 g/mol. The third-order valence-electron chi connectivity index (χ3n) is 3.28. The molecule has 20 heavy (non-hydrogen) atoms. The van der Waals surface area contributed by atoms with E-state index in [1.807, 2.05) is 0 Å². The van der Waals surface area contributed by atoms with Crippen LogP contribution in [0.2, 0.25) is 0 Å². The van der Waals surface area contributed by atoms with Gasteiger partial charge in [-0.05, 0) is 32.3 Å². The quantitative estimate of drug-likeness (QED) is 0.750. The van der Waals surface area contributed by atoms with E-state index >= 15 is 0 Å². The van der Waals surface area contributed by atoms with E-state index in [1.165, 1.54) is 6.20 Å². The second-order valence-corrected chi connectivity index (χ2v) is 5.17. The lowest BCUT2D eigenvalue weighted by Crippen LogP contribution is -2.19. The summed E-state index contributed by atoms with van der Waals surface area (Å²) in [5.74, 6) is 0.888. The number of hydrogen-bond donors (Lipinski definition) is 2. The van der Waals surface area contributed by atoms with Gasteiger partial charge in [-0.15, -0.1) is 0 Å². The molecule has 0 aliphatic carbocycles. The Morgan fingerprint density at radius 1 is 1.45 bits per heavy atom. The van der Waals surface area contributed by atoms with Crippen molar-refractivity contribution in [2.75, 3.05) is 17.7 Å².